The van der Waals surface area contributed by atoms with Crippen LogP contribution in [0.3, 0.4) is 0 Å². The average molecular weight is 406 g/mol. The molecule has 4 rings (SSSR count). The quantitative estimate of drug-likeness (QED) is 0.643. The Morgan fingerprint density at radius 2 is 1.80 bits per heavy atom. The van der Waals surface area contributed by atoms with Crippen molar-refractivity contribution in [2.45, 2.75) is 31.7 Å². The predicted octanol–water partition coefficient (Wildman–Crippen LogP) is 3.78. The van der Waals surface area contributed by atoms with Crippen LogP contribution in [0.15, 0.2) is 59.0 Å². The highest BCUT2D eigenvalue weighted by Crippen LogP contribution is 2.24. The lowest BCUT2D eigenvalue weighted by molar-refractivity contribution is 0.0930. The largest absolute Gasteiger partial charge is 0.497 e. The van der Waals surface area contributed by atoms with Gasteiger partial charge in [-0.05, 0) is 49.1 Å². The van der Waals surface area contributed by atoms with Crippen LogP contribution < -0.4 is 15.0 Å². The summed E-state index contributed by atoms with van der Waals surface area (Å²) in [5, 5.41) is 11.6. The standard InChI is InChI=1S/C23H26N4O3/c1-29-19-12-10-18(11-13-19)21(28)24-20(16-17-8-4-2-5-9-17)22-25-26-23(30-22)27-14-6-3-7-15-27/h2,4-5,8-13,20H,3,6-7,14-16H2,1H3,(H,24,28). The number of hydrogen-bond donors (Lipinski definition) is 1. The smallest absolute Gasteiger partial charge is 0.318 e. The molecule has 3 aromatic rings. The van der Waals surface area contributed by atoms with E-state index < -0.39 is 6.04 Å². The zero-order valence-electron chi connectivity index (χ0n) is 17.1. The molecule has 0 radical (unpaired) electrons. The van der Waals surface area contributed by atoms with E-state index in [-0.39, 0.29) is 5.91 Å². The average Bonchev–Trinajstić information content (AvgIpc) is 3.30. The van der Waals surface area contributed by atoms with Crippen molar-refractivity contribution in [1.82, 2.24) is 15.5 Å². The zero-order valence-corrected chi connectivity index (χ0v) is 17.1. The molecule has 0 aliphatic carbocycles. The number of aromatic nitrogens is 2. The van der Waals surface area contributed by atoms with Gasteiger partial charge in [0.15, 0.2) is 0 Å². The molecule has 1 unspecified atom stereocenters. The van der Waals surface area contributed by atoms with E-state index in [4.69, 9.17) is 9.15 Å². The number of benzene rings is 2. The first-order valence-electron chi connectivity index (χ1n) is 10.3. The first-order chi connectivity index (χ1) is 14.7. The Morgan fingerprint density at radius 1 is 1.07 bits per heavy atom. The maximum absolute atomic E-state index is 12.9. The van der Waals surface area contributed by atoms with Gasteiger partial charge in [0.05, 0.1) is 7.11 Å². The number of anilines is 1. The zero-order chi connectivity index (χ0) is 20.8. The van der Waals surface area contributed by atoms with Gasteiger partial charge in [0.2, 0.25) is 5.89 Å². The lowest BCUT2D eigenvalue weighted by atomic mass is 10.1. The topological polar surface area (TPSA) is 80.5 Å². The second-order valence-corrected chi connectivity index (χ2v) is 7.41. The van der Waals surface area contributed by atoms with Gasteiger partial charge < -0.3 is 19.4 Å². The van der Waals surface area contributed by atoms with Crippen LogP contribution in [-0.2, 0) is 6.42 Å². The molecule has 1 fully saturated rings. The summed E-state index contributed by atoms with van der Waals surface area (Å²) in [6, 6.07) is 17.1. The Balaban J connectivity index is 1.54. The number of piperidine rings is 1. The second kappa shape index (κ2) is 9.43. The van der Waals surface area contributed by atoms with Crippen molar-refractivity contribution in [1.29, 1.82) is 0 Å². The summed E-state index contributed by atoms with van der Waals surface area (Å²) in [5.41, 5.74) is 1.62. The normalized spacial score (nSPS) is 14.9. The van der Waals surface area contributed by atoms with E-state index in [2.05, 4.69) is 20.4 Å². The number of ether oxygens (including phenoxy) is 1. The molecular formula is C23H26N4O3. The fourth-order valence-electron chi connectivity index (χ4n) is 3.61. The van der Waals surface area contributed by atoms with Crippen LogP contribution in [-0.4, -0.2) is 36.3 Å². The molecule has 2 aromatic carbocycles. The van der Waals surface area contributed by atoms with E-state index in [9.17, 15) is 4.79 Å². The number of nitrogens with zero attached hydrogens (tertiary/aromatic N) is 3. The van der Waals surface area contributed by atoms with Crippen molar-refractivity contribution in [3.63, 3.8) is 0 Å². The summed E-state index contributed by atoms with van der Waals surface area (Å²) in [4.78, 5) is 15.0. The highest BCUT2D eigenvalue weighted by molar-refractivity contribution is 5.94. The van der Waals surface area contributed by atoms with Crippen LogP contribution in [0.1, 0.15) is 47.1 Å². The van der Waals surface area contributed by atoms with Gasteiger partial charge in [0, 0.05) is 25.1 Å². The monoisotopic (exact) mass is 406 g/mol. The Kier molecular flexibility index (Phi) is 6.27. The molecule has 7 heteroatoms. The minimum atomic E-state index is -0.423. The van der Waals surface area contributed by atoms with Crippen molar-refractivity contribution < 1.29 is 13.9 Å². The Hall–Kier alpha value is -3.35. The molecule has 1 N–H and O–H groups in total. The summed E-state index contributed by atoms with van der Waals surface area (Å²) in [7, 11) is 1.60. The van der Waals surface area contributed by atoms with Crippen LogP contribution in [0.4, 0.5) is 6.01 Å². The van der Waals surface area contributed by atoms with Gasteiger partial charge in [-0.2, -0.15) is 0 Å². The fraction of sp³-hybridized carbons (Fsp3) is 0.348. The number of nitrogens with one attached hydrogen (secondary N) is 1. The maximum atomic E-state index is 12.9. The number of carbonyl (C=O) groups is 1. The van der Waals surface area contributed by atoms with E-state index >= 15 is 0 Å². The van der Waals surface area contributed by atoms with E-state index in [0.717, 1.165) is 31.5 Å². The molecular weight excluding hydrogens is 380 g/mol. The van der Waals surface area contributed by atoms with E-state index in [1.54, 1.807) is 31.4 Å². The van der Waals surface area contributed by atoms with Gasteiger partial charge in [-0.3, -0.25) is 4.79 Å². The van der Waals surface area contributed by atoms with Crippen LogP contribution in [0.25, 0.3) is 0 Å². The number of methoxy groups -OCH3 is 1. The number of rotatable bonds is 7. The molecule has 1 aromatic heterocycles. The van der Waals surface area contributed by atoms with Gasteiger partial charge in [-0.15, -0.1) is 5.10 Å². The highest BCUT2D eigenvalue weighted by atomic mass is 16.5. The third-order valence-corrected chi connectivity index (χ3v) is 5.29. The molecule has 1 aliphatic heterocycles. The molecule has 2 heterocycles. The van der Waals surface area contributed by atoms with Crippen LogP contribution in [0.2, 0.25) is 0 Å². The lowest BCUT2D eigenvalue weighted by Crippen LogP contribution is -2.30. The number of carbonyl (C=O) groups excluding carboxylic acids is 1. The summed E-state index contributed by atoms with van der Waals surface area (Å²) < 4.78 is 11.2. The summed E-state index contributed by atoms with van der Waals surface area (Å²) in [5.74, 6) is 0.924. The lowest BCUT2D eigenvalue weighted by Gasteiger charge is -2.24. The molecule has 0 saturated carbocycles. The SMILES string of the molecule is COc1ccc(C(=O)NC(Cc2ccccc2)c2nnc(N3CCCCC3)o2)cc1. The predicted molar refractivity (Wildman–Crippen MR) is 114 cm³/mol. The third kappa shape index (κ3) is 4.79. The van der Waals surface area contributed by atoms with E-state index in [1.807, 2.05) is 30.3 Å². The van der Waals surface area contributed by atoms with Crippen LogP contribution in [0, 0.1) is 0 Å². The molecule has 1 aliphatic rings. The van der Waals surface area contributed by atoms with Gasteiger partial charge in [0.1, 0.15) is 11.8 Å². The van der Waals surface area contributed by atoms with Gasteiger partial charge in [-0.1, -0.05) is 35.4 Å². The van der Waals surface area contributed by atoms with Crippen molar-refractivity contribution >= 4 is 11.9 Å². The van der Waals surface area contributed by atoms with Crippen LogP contribution in [0.5, 0.6) is 5.75 Å². The highest BCUT2D eigenvalue weighted by Gasteiger charge is 2.24. The first-order valence-corrected chi connectivity index (χ1v) is 10.3. The second-order valence-electron chi connectivity index (χ2n) is 7.41. The Labute approximate surface area is 176 Å². The summed E-state index contributed by atoms with van der Waals surface area (Å²) in [6.45, 7) is 1.84. The molecule has 0 bridgehead atoms. The minimum Gasteiger partial charge on any atom is -0.497 e. The molecule has 1 saturated heterocycles. The van der Waals surface area contributed by atoms with Crippen molar-refractivity contribution in [3.8, 4) is 5.75 Å². The molecule has 1 atom stereocenters. The van der Waals surface area contributed by atoms with Gasteiger partial charge in [-0.25, -0.2) is 0 Å². The maximum Gasteiger partial charge on any atom is 0.318 e. The van der Waals surface area contributed by atoms with Crippen LogP contribution >= 0.6 is 0 Å². The molecule has 156 valence electrons. The molecule has 7 nitrogen and oxygen atoms in total. The fourth-order valence-corrected chi connectivity index (χ4v) is 3.61. The van der Waals surface area contributed by atoms with E-state index in [1.165, 1.54) is 6.42 Å². The minimum absolute atomic E-state index is 0.198. The number of hydrogen-bond acceptors (Lipinski definition) is 6. The third-order valence-electron chi connectivity index (χ3n) is 5.29. The molecule has 0 spiro atoms. The van der Waals surface area contributed by atoms with Crippen molar-refractivity contribution in [2.24, 2.45) is 0 Å². The first kappa shape index (κ1) is 19.9. The van der Waals surface area contributed by atoms with Gasteiger partial charge >= 0.3 is 6.01 Å². The number of amides is 1. The van der Waals surface area contributed by atoms with Crippen molar-refractivity contribution in [3.05, 3.63) is 71.6 Å². The molecule has 30 heavy (non-hydrogen) atoms. The summed E-state index contributed by atoms with van der Waals surface area (Å²) in [6.07, 6.45) is 4.04. The van der Waals surface area contributed by atoms with E-state index in [0.29, 0.717) is 29.6 Å². The summed E-state index contributed by atoms with van der Waals surface area (Å²) >= 11 is 0. The van der Waals surface area contributed by atoms with Crippen molar-refractivity contribution in [2.75, 3.05) is 25.1 Å². The molecule has 1 amide bonds. The Bertz CT molecular complexity index is 950. The Morgan fingerprint density at radius 3 is 2.50 bits per heavy atom. The van der Waals surface area contributed by atoms with Gasteiger partial charge in [0.25, 0.3) is 5.91 Å².